The Labute approximate surface area is 94.5 Å². The molecule has 0 aromatic carbocycles. The van der Waals surface area contributed by atoms with Crippen molar-refractivity contribution in [1.82, 2.24) is 9.78 Å². The first kappa shape index (κ1) is 11.0. The Bertz CT molecular complexity index is 459. The van der Waals surface area contributed by atoms with Crippen molar-refractivity contribution in [2.75, 3.05) is 0 Å². The molecular formula is C12H16N2O2. The fourth-order valence-electron chi connectivity index (χ4n) is 1.75. The van der Waals surface area contributed by atoms with E-state index in [1.807, 2.05) is 26.1 Å². The standard InChI is InChI=1S/C12H16N2O2/c1-3-11-10(5-6-16-11)12(15)9-7-13-14(4-2)8-9/h5-8,12,15H,3-4H2,1-2H3. The largest absolute Gasteiger partial charge is 0.469 e. The van der Waals surface area contributed by atoms with E-state index >= 15 is 0 Å². The molecule has 0 radical (unpaired) electrons. The second-order valence-corrected chi connectivity index (χ2v) is 3.68. The molecule has 0 bridgehead atoms. The minimum Gasteiger partial charge on any atom is -0.469 e. The summed E-state index contributed by atoms with van der Waals surface area (Å²) in [6.07, 6.45) is 5.30. The first-order valence-electron chi connectivity index (χ1n) is 5.53. The van der Waals surface area contributed by atoms with Gasteiger partial charge in [0.2, 0.25) is 0 Å². The molecule has 0 aliphatic carbocycles. The van der Waals surface area contributed by atoms with Gasteiger partial charge in [-0.25, -0.2) is 0 Å². The predicted octanol–water partition coefficient (Wildman–Crippen LogP) is 2.14. The van der Waals surface area contributed by atoms with Gasteiger partial charge in [0.1, 0.15) is 11.9 Å². The number of nitrogens with zero attached hydrogens (tertiary/aromatic N) is 2. The highest BCUT2D eigenvalue weighted by atomic mass is 16.3. The van der Waals surface area contributed by atoms with Crippen molar-refractivity contribution in [2.24, 2.45) is 0 Å². The highest BCUT2D eigenvalue weighted by molar-refractivity contribution is 5.28. The van der Waals surface area contributed by atoms with Crippen LogP contribution in [0.15, 0.2) is 29.1 Å². The smallest absolute Gasteiger partial charge is 0.110 e. The van der Waals surface area contributed by atoms with Crippen LogP contribution in [0.25, 0.3) is 0 Å². The van der Waals surface area contributed by atoms with Gasteiger partial charge >= 0.3 is 0 Å². The summed E-state index contributed by atoms with van der Waals surface area (Å²) in [6.45, 7) is 4.82. The molecule has 2 aromatic heterocycles. The zero-order valence-electron chi connectivity index (χ0n) is 9.55. The molecule has 2 rings (SSSR count). The summed E-state index contributed by atoms with van der Waals surface area (Å²) >= 11 is 0. The number of aliphatic hydroxyl groups is 1. The highest BCUT2D eigenvalue weighted by Gasteiger charge is 2.17. The molecule has 0 saturated carbocycles. The molecule has 0 amide bonds. The molecule has 0 aliphatic rings. The monoisotopic (exact) mass is 220 g/mol. The molecule has 86 valence electrons. The van der Waals surface area contributed by atoms with Crippen molar-refractivity contribution in [3.05, 3.63) is 41.6 Å². The van der Waals surface area contributed by atoms with Crippen LogP contribution >= 0.6 is 0 Å². The van der Waals surface area contributed by atoms with Crippen LogP contribution in [0.1, 0.15) is 36.8 Å². The first-order chi connectivity index (χ1) is 7.76. The summed E-state index contributed by atoms with van der Waals surface area (Å²) in [7, 11) is 0. The van der Waals surface area contributed by atoms with Gasteiger partial charge in [-0.2, -0.15) is 5.10 Å². The molecule has 16 heavy (non-hydrogen) atoms. The minimum atomic E-state index is -0.644. The Morgan fingerprint density at radius 1 is 1.50 bits per heavy atom. The summed E-state index contributed by atoms with van der Waals surface area (Å²) in [5.74, 6) is 0.830. The summed E-state index contributed by atoms with van der Waals surface area (Å²) in [4.78, 5) is 0. The number of aliphatic hydroxyl groups excluding tert-OH is 1. The zero-order valence-corrected chi connectivity index (χ0v) is 9.55. The van der Waals surface area contributed by atoms with Crippen LogP contribution in [0, 0.1) is 0 Å². The summed E-state index contributed by atoms with van der Waals surface area (Å²) in [5.41, 5.74) is 1.64. The van der Waals surface area contributed by atoms with Crippen LogP contribution in [0.4, 0.5) is 0 Å². The molecular weight excluding hydrogens is 204 g/mol. The Kier molecular flexibility index (Phi) is 3.10. The van der Waals surface area contributed by atoms with Crippen molar-refractivity contribution in [3.63, 3.8) is 0 Å². The van der Waals surface area contributed by atoms with E-state index < -0.39 is 6.10 Å². The number of hydrogen-bond acceptors (Lipinski definition) is 3. The number of rotatable bonds is 4. The number of aryl methyl sites for hydroxylation is 2. The minimum absolute atomic E-state index is 0.644. The summed E-state index contributed by atoms with van der Waals surface area (Å²) < 4.78 is 7.10. The maximum absolute atomic E-state index is 10.2. The van der Waals surface area contributed by atoms with E-state index in [1.165, 1.54) is 0 Å². The molecule has 4 heteroatoms. The molecule has 2 heterocycles. The van der Waals surface area contributed by atoms with Crippen LogP contribution in [0.5, 0.6) is 0 Å². The lowest BCUT2D eigenvalue weighted by Gasteiger charge is -2.07. The summed E-state index contributed by atoms with van der Waals surface area (Å²) in [6, 6.07) is 1.81. The lowest BCUT2D eigenvalue weighted by Crippen LogP contribution is -2.00. The molecule has 1 atom stereocenters. The van der Waals surface area contributed by atoms with E-state index in [1.54, 1.807) is 17.1 Å². The molecule has 0 saturated heterocycles. The molecule has 1 unspecified atom stereocenters. The average Bonchev–Trinajstić information content (AvgIpc) is 2.96. The van der Waals surface area contributed by atoms with Crippen LogP contribution in [0.2, 0.25) is 0 Å². The van der Waals surface area contributed by atoms with Gasteiger partial charge in [-0.1, -0.05) is 6.92 Å². The number of aromatic nitrogens is 2. The predicted molar refractivity (Wildman–Crippen MR) is 60.0 cm³/mol. The van der Waals surface area contributed by atoms with E-state index in [2.05, 4.69) is 5.10 Å². The number of hydrogen-bond donors (Lipinski definition) is 1. The third-order valence-electron chi connectivity index (χ3n) is 2.69. The molecule has 4 nitrogen and oxygen atoms in total. The molecule has 1 N–H and O–H groups in total. The maximum atomic E-state index is 10.2. The van der Waals surface area contributed by atoms with Gasteiger partial charge in [0.25, 0.3) is 0 Å². The van der Waals surface area contributed by atoms with Crippen molar-refractivity contribution < 1.29 is 9.52 Å². The topological polar surface area (TPSA) is 51.2 Å². The number of furan rings is 1. The summed E-state index contributed by atoms with van der Waals surface area (Å²) in [5, 5.41) is 14.3. The van der Waals surface area contributed by atoms with Gasteiger partial charge in [-0.3, -0.25) is 4.68 Å². The van der Waals surface area contributed by atoms with E-state index in [4.69, 9.17) is 4.42 Å². The van der Waals surface area contributed by atoms with Crippen molar-refractivity contribution in [2.45, 2.75) is 32.9 Å². The van der Waals surface area contributed by atoms with Crippen molar-refractivity contribution >= 4 is 0 Å². The Balaban J connectivity index is 2.27. The van der Waals surface area contributed by atoms with Crippen LogP contribution in [-0.4, -0.2) is 14.9 Å². The third kappa shape index (κ3) is 1.88. The Morgan fingerprint density at radius 3 is 2.94 bits per heavy atom. The van der Waals surface area contributed by atoms with Gasteiger partial charge < -0.3 is 9.52 Å². The van der Waals surface area contributed by atoms with E-state index in [0.717, 1.165) is 29.9 Å². The molecule has 2 aromatic rings. The second-order valence-electron chi connectivity index (χ2n) is 3.68. The van der Waals surface area contributed by atoms with Crippen LogP contribution in [-0.2, 0) is 13.0 Å². The lowest BCUT2D eigenvalue weighted by molar-refractivity contribution is 0.217. The van der Waals surface area contributed by atoms with Crippen molar-refractivity contribution in [3.8, 4) is 0 Å². The maximum Gasteiger partial charge on any atom is 0.110 e. The Hall–Kier alpha value is -1.55. The van der Waals surface area contributed by atoms with E-state index in [0.29, 0.717) is 0 Å². The normalized spacial score (nSPS) is 12.9. The van der Waals surface area contributed by atoms with Gasteiger partial charge in [0.05, 0.1) is 12.5 Å². The molecule has 0 aliphatic heterocycles. The van der Waals surface area contributed by atoms with Crippen molar-refractivity contribution in [1.29, 1.82) is 0 Å². The van der Waals surface area contributed by atoms with E-state index in [9.17, 15) is 5.11 Å². The second kappa shape index (κ2) is 4.53. The van der Waals surface area contributed by atoms with Gasteiger partial charge in [-0.15, -0.1) is 0 Å². The average molecular weight is 220 g/mol. The third-order valence-corrected chi connectivity index (χ3v) is 2.69. The highest BCUT2D eigenvalue weighted by Crippen LogP contribution is 2.25. The molecule has 0 fully saturated rings. The van der Waals surface area contributed by atoms with Gasteiger partial charge in [0.15, 0.2) is 0 Å². The fraction of sp³-hybridized carbons (Fsp3) is 0.417. The van der Waals surface area contributed by atoms with Gasteiger partial charge in [0, 0.05) is 30.3 Å². The zero-order chi connectivity index (χ0) is 11.5. The van der Waals surface area contributed by atoms with Crippen LogP contribution in [0.3, 0.4) is 0 Å². The van der Waals surface area contributed by atoms with E-state index in [-0.39, 0.29) is 0 Å². The van der Waals surface area contributed by atoms with Crippen LogP contribution < -0.4 is 0 Å². The molecule has 0 spiro atoms. The fourth-order valence-corrected chi connectivity index (χ4v) is 1.75. The van der Waals surface area contributed by atoms with Gasteiger partial charge in [-0.05, 0) is 13.0 Å². The Morgan fingerprint density at radius 2 is 2.31 bits per heavy atom. The first-order valence-corrected chi connectivity index (χ1v) is 5.53. The SMILES string of the molecule is CCc1occc1C(O)c1cnn(CC)c1. The lowest BCUT2D eigenvalue weighted by atomic mass is 10.0. The quantitative estimate of drug-likeness (QED) is 0.858.